The second kappa shape index (κ2) is 3.97. The summed E-state index contributed by atoms with van der Waals surface area (Å²) in [6.07, 6.45) is 12.3. The molecule has 0 radical (unpaired) electrons. The van der Waals surface area contributed by atoms with Crippen molar-refractivity contribution in [2.45, 2.75) is 57.2 Å². The maximum atomic E-state index is 4.47. The summed E-state index contributed by atoms with van der Waals surface area (Å²) in [6, 6.07) is 1.47. The van der Waals surface area contributed by atoms with Crippen molar-refractivity contribution >= 4 is 0 Å². The Morgan fingerprint density at radius 2 is 2.07 bits per heavy atom. The van der Waals surface area contributed by atoms with Crippen molar-refractivity contribution in [2.75, 3.05) is 0 Å². The molecule has 2 aliphatic rings. The molecular weight excluding hydrogens is 186 g/mol. The minimum Gasteiger partial charge on any atom is -0.310 e. The predicted molar refractivity (Wildman–Crippen MR) is 59.6 cm³/mol. The van der Waals surface area contributed by atoms with Crippen molar-refractivity contribution in [3.05, 3.63) is 18.0 Å². The van der Waals surface area contributed by atoms with Crippen LogP contribution < -0.4 is 5.32 Å². The van der Waals surface area contributed by atoms with Crippen LogP contribution in [-0.4, -0.2) is 15.8 Å². The number of hydrogen-bond acceptors (Lipinski definition) is 2. The molecule has 1 heterocycles. The highest BCUT2D eigenvalue weighted by Gasteiger charge is 2.21. The summed E-state index contributed by atoms with van der Waals surface area (Å²) in [5.74, 6) is 0. The van der Waals surface area contributed by atoms with Crippen LogP contribution in [-0.2, 0) is 6.54 Å². The minimum atomic E-state index is 0.680. The Hall–Kier alpha value is -0.830. The van der Waals surface area contributed by atoms with Gasteiger partial charge in [0.25, 0.3) is 0 Å². The van der Waals surface area contributed by atoms with Crippen LogP contribution in [0.2, 0.25) is 0 Å². The molecule has 0 amide bonds. The van der Waals surface area contributed by atoms with Crippen LogP contribution >= 0.6 is 0 Å². The van der Waals surface area contributed by atoms with E-state index in [2.05, 4.69) is 21.3 Å². The van der Waals surface area contributed by atoms with E-state index in [1.54, 1.807) is 0 Å². The van der Waals surface area contributed by atoms with Crippen LogP contribution in [0.1, 0.15) is 50.1 Å². The Morgan fingerprint density at radius 3 is 2.80 bits per heavy atom. The normalized spacial score (nSPS) is 22.4. The van der Waals surface area contributed by atoms with Crippen LogP contribution in [0.25, 0.3) is 0 Å². The quantitative estimate of drug-likeness (QED) is 0.817. The number of aromatic nitrogens is 2. The van der Waals surface area contributed by atoms with Gasteiger partial charge in [0, 0.05) is 24.3 Å². The van der Waals surface area contributed by atoms with E-state index in [4.69, 9.17) is 0 Å². The molecule has 0 atom stereocenters. The molecule has 2 saturated carbocycles. The van der Waals surface area contributed by atoms with E-state index in [-0.39, 0.29) is 0 Å². The van der Waals surface area contributed by atoms with Crippen LogP contribution in [0.5, 0.6) is 0 Å². The van der Waals surface area contributed by atoms with E-state index in [1.165, 1.54) is 44.1 Å². The second-order valence-electron chi connectivity index (χ2n) is 4.92. The molecule has 1 N–H and O–H groups in total. The Labute approximate surface area is 90.9 Å². The Morgan fingerprint density at radius 1 is 1.27 bits per heavy atom. The van der Waals surface area contributed by atoms with Crippen molar-refractivity contribution in [3.8, 4) is 0 Å². The highest BCUT2D eigenvalue weighted by Crippen LogP contribution is 2.28. The summed E-state index contributed by atoms with van der Waals surface area (Å²) >= 11 is 0. The van der Waals surface area contributed by atoms with E-state index in [9.17, 15) is 0 Å². The average Bonchev–Trinajstić information content (AvgIpc) is 2.78. The molecule has 82 valence electrons. The summed E-state index contributed by atoms with van der Waals surface area (Å²) < 4.78 is 2.18. The predicted octanol–water partition coefficient (Wildman–Crippen LogP) is 2.25. The first-order chi connectivity index (χ1) is 7.42. The lowest BCUT2D eigenvalue weighted by Gasteiger charge is -2.08. The molecule has 1 aromatic rings. The summed E-state index contributed by atoms with van der Waals surface area (Å²) in [5.41, 5.74) is 1.34. The molecule has 0 saturated heterocycles. The van der Waals surface area contributed by atoms with Gasteiger partial charge in [0.1, 0.15) is 0 Å². The van der Waals surface area contributed by atoms with E-state index < -0.39 is 0 Å². The van der Waals surface area contributed by atoms with Gasteiger partial charge in [-0.15, -0.1) is 0 Å². The average molecular weight is 205 g/mol. The van der Waals surface area contributed by atoms with Crippen LogP contribution in [0, 0.1) is 0 Å². The number of nitrogens with zero attached hydrogens (tertiary/aromatic N) is 2. The minimum absolute atomic E-state index is 0.680. The van der Waals surface area contributed by atoms with E-state index >= 15 is 0 Å². The Balaban J connectivity index is 1.59. The zero-order valence-electron chi connectivity index (χ0n) is 9.15. The fourth-order valence-corrected chi connectivity index (χ4v) is 2.39. The lowest BCUT2D eigenvalue weighted by molar-refractivity contribution is 0.466. The zero-order valence-corrected chi connectivity index (χ0v) is 9.15. The lowest BCUT2D eigenvalue weighted by Crippen LogP contribution is -2.14. The van der Waals surface area contributed by atoms with Gasteiger partial charge in [-0.25, -0.2) is 0 Å². The molecule has 0 aliphatic heterocycles. The molecule has 1 aromatic heterocycles. The molecule has 0 spiro atoms. The molecule has 3 heteroatoms. The third kappa shape index (κ3) is 2.23. The summed E-state index contributed by atoms with van der Waals surface area (Å²) in [6.45, 7) is 0.997. The number of hydrogen-bond donors (Lipinski definition) is 1. The van der Waals surface area contributed by atoms with Gasteiger partial charge in [-0.05, 0) is 25.7 Å². The van der Waals surface area contributed by atoms with Crippen molar-refractivity contribution in [1.82, 2.24) is 15.1 Å². The maximum Gasteiger partial charge on any atom is 0.0534 e. The smallest absolute Gasteiger partial charge is 0.0534 e. The summed E-state index contributed by atoms with van der Waals surface area (Å²) in [4.78, 5) is 0. The van der Waals surface area contributed by atoms with Crippen LogP contribution in [0.15, 0.2) is 12.4 Å². The van der Waals surface area contributed by atoms with Crippen molar-refractivity contribution in [1.29, 1.82) is 0 Å². The van der Waals surface area contributed by atoms with Gasteiger partial charge >= 0.3 is 0 Å². The van der Waals surface area contributed by atoms with E-state index in [0.29, 0.717) is 6.04 Å². The van der Waals surface area contributed by atoms with Gasteiger partial charge in [0.05, 0.1) is 12.2 Å². The van der Waals surface area contributed by atoms with E-state index in [0.717, 1.165) is 12.6 Å². The molecule has 0 unspecified atom stereocenters. The van der Waals surface area contributed by atoms with Gasteiger partial charge in [-0.3, -0.25) is 4.68 Å². The third-order valence-corrected chi connectivity index (χ3v) is 3.53. The first-order valence-electron chi connectivity index (χ1n) is 6.18. The van der Waals surface area contributed by atoms with Crippen molar-refractivity contribution in [2.24, 2.45) is 0 Å². The largest absolute Gasteiger partial charge is 0.310 e. The highest BCUT2D eigenvalue weighted by molar-refractivity contribution is 5.05. The van der Waals surface area contributed by atoms with Crippen molar-refractivity contribution < 1.29 is 0 Å². The number of nitrogens with one attached hydrogen (secondary N) is 1. The van der Waals surface area contributed by atoms with Gasteiger partial charge in [0.2, 0.25) is 0 Å². The molecule has 15 heavy (non-hydrogen) atoms. The van der Waals surface area contributed by atoms with Gasteiger partial charge in [0.15, 0.2) is 0 Å². The fourth-order valence-electron chi connectivity index (χ4n) is 2.39. The molecule has 3 rings (SSSR count). The monoisotopic (exact) mass is 205 g/mol. The fraction of sp³-hybridized carbons (Fsp3) is 0.750. The van der Waals surface area contributed by atoms with Gasteiger partial charge < -0.3 is 5.32 Å². The zero-order chi connectivity index (χ0) is 10.1. The highest BCUT2D eigenvalue weighted by atomic mass is 15.3. The van der Waals surface area contributed by atoms with Crippen LogP contribution in [0.4, 0.5) is 0 Å². The SMILES string of the molecule is c1nn(C2CCCC2)cc1CNC1CC1. The van der Waals surface area contributed by atoms with Gasteiger partial charge in [-0.2, -0.15) is 5.10 Å². The third-order valence-electron chi connectivity index (χ3n) is 3.53. The second-order valence-corrected chi connectivity index (χ2v) is 4.92. The number of rotatable bonds is 4. The van der Waals surface area contributed by atoms with E-state index in [1.807, 2.05) is 6.20 Å². The molecule has 0 aromatic carbocycles. The first kappa shape index (κ1) is 9.40. The Kier molecular flexibility index (Phi) is 2.49. The Bertz CT molecular complexity index is 321. The van der Waals surface area contributed by atoms with Gasteiger partial charge in [-0.1, -0.05) is 12.8 Å². The molecular formula is C12H19N3. The maximum absolute atomic E-state index is 4.47. The molecule has 2 aliphatic carbocycles. The standard InChI is InChI=1S/C12H19N3/c1-2-4-12(3-1)15-9-10(8-14-15)7-13-11-5-6-11/h8-9,11-13H,1-7H2. The lowest BCUT2D eigenvalue weighted by atomic mass is 10.2. The topological polar surface area (TPSA) is 29.9 Å². The molecule has 0 bridgehead atoms. The molecule has 2 fully saturated rings. The van der Waals surface area contributed by atoms with Crippen LogP contribution in [0.3, 0.4) is 0 Å². The summed E-state index contributed by atoms with van der Waals surface area (Å²) in [5, 5.41) is 8.00. The summed E-state index contributed by atoms with van der Waals surface area (Å²) in [7, 11) is 0. The van der Waals surface area contributed by atoms with Crippen molar-refractivity contribution in [3.63, 3.8) is 0 Å². The first-order valence-corrected chi connectivity index (χ1v) is 6.18. The molecule has 3 nitrogen and oxygen atoms in total.